The van der Waals surface area contributed by atoms with Crippen molar-refractivity contribution < 1.29 is 55.9 Å². The van der Waals surface area contributed by atoms with Crippen LogP contribution >= 0.6 is 0 Å². The van der Waals surface area contributed by atoms with Crippen LogP contribution in [0.4, 0.5) is 0 Å². The fraction of sp³-hybridized carbons (Fsp3) is 0.718. The van der Waals surface area contributed by atoms with Gasteiger partial charge in [0.1, 0.15) is 34.6 Å². The van der Waals surface area contributed by atoms with Crippen molar-refractivity contribution in [1.82, 2.24) is 92.2 Å². The zero-order valence-electron chi connectivity index (χ0n) is 77.1. The van der Waals surface area contributed by atoms with E-state index in [-0.39, 0.29) is 68.7 Å². The predicted molar refractivity (Wildman–Crippen MR) is 456 cm³/mol. The summed E-state index contributed by atoms with van der Waals surface area (Å²) in [6, 6.07) is 5.08. The second-order valence-corrected chi connectivity index (χ2v) is 32.1. The summed E-state index contributed by atoms with van der Waals surface area (Å²) in [6.45, 7) is 52.7. The van der Waals surface area contributed by atoms with Gasteiger partial charge in [-0.15, -0.1) is 0 Å². The van der Waals surface area contributed by atoms with Gasteiger partial charge in [-0.1, -0.05) is 141 Å². The Labute approximate surface area is 689 Å². The van der Waals surface area contributed by atoms with E-state index in [0.29, 0.717) is 73.4 Å². The summed E-state index contributed by atoms with van der Waals surface area (Å²) in [5, 5.41) is 40.6. The van der Waals surface area contributed by atoms with Gasteiger partial charge in [0.25, 0.3) is 35.4 Å². The molecule has 6 rings (SSSR count). The SMILES string of the molecule is CCCC(C)(CNC(=O)c1cc(CC)on1)N(C)C.CCCC(C)(CNC(=O)c1noc(CC)c1C)N(C)C.CCc1cc(C(=O)NCC(C)(C)N(C)CC)no1.CCc1cc(C(=O)NCC(CC)(CC)N(C)C)no1.CCc1onc(C(=O)NCC(C)(C)N(C)CC)c1C.CCc1onc(C(=O)NCC(CC)(CC)N(C)C)c1C. The molecule has 30 nitrogen and oxygen atoms in total. The fourth-order valence-electron chi connectivity index (χ4n) is 12.4. The Bertz CT molecular complexity index is 3810. The minimum atomic E-state index is -0.184. The van der Waals surface area contributed by atoms with Crippen molar-refractivity contribution in [3.8, 4) is 0 Å². The summed E-state index contributed by atoms with van der Waals surface area (Å²) in [7, 11) is 20.4. The molecule has 6 heterocycles. The van der Waals surface area contributed by atoms with E-state index in [9.17, 15) is 28.8 Å². The van der Waals surface area contributed by atoms with Gasteiger partial charge < -0.3 is 78.6 Å². The van der Waals surface area contributed by atoms with Crippen molar-refractivity contribution in [2.45, 2.75) is 282 Å². The lowest BCUT2D eigenvalue weighted by Gasteiger charge is -2.38. The number of aryl methyl sites for hydroxylation is 6. The lowest BCUT2D eigenvalue weighted by atomic mass is 9.91. The Morgan fingerprint density at radius 2 is 0.565 bits per heavy atom. The van der Waals surface area contributed by atoms with Crippen molar-refractivity contribution in [3.63, 3.8) is 0 Å². The first-order chi connectivity index (χ1) is 53.9. The van der Waals surface area contributed by atoms with Gasteiger partial charge in [0.2, 0.25) is 0 Å². The molecule has 6 aromatic rings. The molecule has 0 aliphatic heterocycles. The molecular weight excluding hydrogens is 1470 g/mol. The largest absolute Gasteiger partial charge is 0.361 e. The summed E-state index contributed by atoms with van der Waals surface area (Å²) in [6.07, 6.45) is 12.6. The summed E-state index contributed by atoms with van der Waals surface area (Å²) in [5.74, 6) is 3.51. The van der Waals surface area contributed by atoms with Crippen LogP contribution in [0, 0.1) is 20.8 Å². The maximum Gasteiger partial charge on any atom is 0.273 e. The first-order valence-corrected chi connectivity index (χ1v) is 41.4. The third-order valence-electron chi connectivity index (χ3n) is 23.2. The van der Waals surface area contributed by atoms with Gasteiger partial charge in [-0.05, 0) is 184 Å². The molecule has 0 bridgehead atoms. The van der Waals surface area contributed by atoms with Crippen LogP contribution in [0.5, 0.6) is 0 Å². The smallest absolute Gasteiger partial charge is 0.273 e. The van der Waals surface area contributed by atoms with E-state index in [1.54, 1.807) is 18.2 Å². The molecule has 2 unspecified atom stereocenters. The first-order valence-electron chi connectivity index (χ1n) is 41.4. The van der Waals surface area contributed by atoms with Crippen molar-refractivity contribution in [2.75, 3.05) is 123 Å². The van der Waals surface area contributed by atoms with Gasteiger partial charge in [-0.3, -0.25) is 38.6 Å². The van der Waals surface area contributed by atoms with Gasteiger partial charge in [0.05, 0.1) is 0 Å². The van der Waals surface area contributed by atoms with Gasteiger partial charge in [0.15, 0.2) is 34.2 Å². The van der Waals surface area contributed by atoms with E-state index in [0.717, 1.165) is 154 Å². The molecule has 6 aromatic heterocycles. The number of likely N-dealkylation sites (N-methyl/N-ethyl adjacent to an activating group) is 6. The first kappa shape index (κ1) is 105. The standard InChI is InChI=1S/2C15H27N3O2.3C14H25N3O2.C13H23N3O2/c1-7-9-15(4,18(5)6)10-16-14(19)13-11(3)12(8-2)20-17-13;1-7-12-11(4)13(17-20-12)14(19)16-10-15(8-2,9-3)18(5)6;1-7-11-10(3)12(16-19-11)13(18)15-9-14(4,5)17(6)8-2;1-6-8-14(3,17(4)5)10-15-13(18)12-9-11(7-2)19-16-12;1-6-11-9-12(16-19-11)13(18)15-10-14(7-2,8-3)17(4)5;1-6-10-8-11(15-18-10)12(17)14-9-13(3,4)16(5)7-2/h2*7-10H2,1-6H3,(H,16,19);7-9H2,1-6H3,(H,15,18);2*9H,6-8,10H2,1-5H3,(H,15,18);8H,6-7,9H2,1-5H3,(H,14,17). The number of carbonyl (C=O) groups excluding carboxylic acids is 6. The van der Waals surface area contributed by atoms with Crippen molar-refractivity contribution >= 4 is 35.4 Å². The van der Waals surface area contributed by atoms with E-state index < -0.39 is 0 Å². The van der Waals surface area contributed by atoms with E-state index in [2.05, 4.69) is 203 Å². The fourth-order valence-corrected chi connectivity index (χ4v) is 12.4. The summed E-state index contributed by atoms with van der Waals surface area (Å²) in [5.41, 5.74) is 4.51. The van der Waals surface area contributed by atoms with Crippen LogP contribution < -0.4 is 31.9 Å². The number of nitrogens with one attached hydrogen (secondary N) is 6. The molecule has 6 amide bonds. The maximum absolute atomic E-state index is 12.2. The van der Waals surface area contributed by atoms with E-state index in [1.165, 1.54) is 0 Å². The Morgan fingerprint density at radius 3 is 0.774 bits per heavy atom. The van der Waals surface area contributed by atoms with Crippen molar-refractivity contribution in [2.24, 2.45) is 0 Å². The molecule has 0 saturated heterocycles. The lowest BCUT2D eigenvalue weighted by molar-refractivity contribution is 0.0867. The van der Waals surface area contributed by atoms with Crippen LogP contribution in [-0.2, 0) is 38.5 Å². The van der Waals surface area contributed by atoms with Crippen LogP contribution in [0.1, 0.15) is 304 Å². The van der Waals surface area contributed by atoms with Gasteiger partial charge in [-0.25, -0.2) is 0 Å². The van der Waals surface area contributed by atoms with Crippen molar-refractivity contribution in [3.05, 3.63) is 104 Å². The van der Waals surface area contributed by atoms with Gasteiger partial charge in [0, 0.05) is 146 Å². The molecule has 0 saturated carbocycles. The Balaban J connectivity index is 0.000000690. The average Bonchev–Trinajstić information content (AvgIpc) is 1.54. The topological polar surface area (TPSA) is 350 Å². The Kier molecular flexibility index (Phi) is 46.0. The normalized spacial score (nSPS) is 12.8. The highest BCUT2D eigenvalue weighted by molar-refractivity contribution is 5.95. The highest BCUT2D eigenvalue weighted by Crippen LogP contribution is 2.25. The Hall–Kier alpha value is -8.16. The predicted octanol–water partition coefficient (Wildman–Crippen LogP) is 12.7. The number of aromatic nitrogens is 6. The van der Waals surface area contributed by atoms with E-state index in [1.807, 2.05) is 119 Å². The number of hydrogen-bond donors (Lipinski definition) is 6. The van der Waals surface area contributed by atoms with Crippen LogP contribution in [-0.4, -0.2) is 252 Å². The maximum atomic E-state index is 12.2. The van der Waals surface area contributed by atoms with Gasteiger partial charge >= 0.3 is 0 Å². The molecule has 2 atom stereocenters. The average molecular weight is 1620 g/mol. The number of rotatable bonds is 40. The van der Waals surface area contributed by atoms with Crippen LogP contribution in [0.2, 0.25) is 0 Å². The molecule has 115 heavy (non-hydrogen) atoms. The monoisotopic (exact) mass is 1620 g/mol. The number of carbonyl (C=O) groups is 6. The molecular formula is C85H152N18O12. The molecule has 0 aliphatic rings. The van der Waals surface area contributed by atoms with E-state index >= 15 is 0 Å². The number of hydrogen-bond acceptors (Lipinski definition) is 24. The molecule has 30 heteroatoms. The van der Waals surface area contributed by atoms with Crippen LogP contribution in [0.3, 0.4) is 0 Å². The minimum Gasteiger partial charge on any atom is -0.361 e. The second kappa shape index (κ2) is 50.5. The third kappa shape index (κ3) is 31.7. The second-order valence-electron chi connectivity index (χ2n) is 32.1. The van der Waals surface area contributed by atoms with Gasteiger partial charge in [-0.2, -0.15) is 0 Å². The lowest BCUT2D eigenvalue weighted by Crippen LogP contribution is -2.52. The molecule has 0 spiro atoms. The van der Waals surface area contributed by atoms with Crippen molar-refractivity contribution in [1.29, 1.82) is 0 Å². The molecule has 0 aromatic carbocycles. The zero-order valence-corrected chi connectivity index (χ0v) is 77.1. The highest BCUT2D eigenvalue weighted by atomic mass is 16.5. The quantitative estimate of drug-likeness (QED) is 0.0208. The number of nitrogens with zero attached hydrogens (tertiary/aromatic N) is 12. The summed E-state index contributed by atoms with van der Waals surface area (Å²) < 4.78 is 30.6. The van der Waals surface area contributed by atoms with E-state index in [4.69, 9.17) is 27.1 Å². The minimum absolute atomic E-state index is 0.00696. The highest BCUT2D eigenvalue weighted by Gasteiger charge is 2.34. The summed E-state index contributed by atoms with van der Waals surface area (Å²) >= 11 is 0. The third-order valence-corrected chi connectivity index (χ3v) is 23.2. The molecule has 0 fully saturated rings. The molecule has 6 N–H and O–H groups in total. The molecule has 0 aliphatic carbocycles. The molecule has 654 valence electrons. The zero-order chi connectivity index (χ0) is 88.0. The molecule has 0 radical (unpaired) electrons. The summed E-state index contributed by atoms with van der Waals surface area (Å²) in [4.78, 5) is 85.5. The van der Waals surface area contributed by atoms with Crippen LogP contribution in [0.25, 0.3) is 0 Å². The number of amides is 6. The van der Waals surface area contributed by atoms with Crippen LogP contribution in [0.15, 0.2) is 45.3 Å². The Morgan fingerprint density at radius 1 is 0.322 bits per heavy atom.